The Kier molecular flexibility index (Phi) is 8.98. The highest BCUT2D eigenvalue weighted by molar-refractivity contribution is 7.98. The molecule has 2 aromatic carbocycles. The summed E-state index contributed by atoms with van der Waals surface area (Å²) in [6.07, 6.45) is 1.85. The average Bonchev–Trinajstić information content (AvgIpc) is 3.13. The average molecular weight is 485 g/mol. The van der Waals surface area contributed by atoms with Gasteiger partial charge in [0, 0.05) is 5.92 Å². The van der Waals surface area contributed by atoms with E-state index >= 15 is 0 Å². The first kappa shape index (κ1) is 25.6. The van der Waals surface area contributed by atoms with Gasteiger partial charge in [0.05, 0.1) is 0 Å². The van der Waals surface area contributed by atoms with Gasteiger partial charge in [0.15, 0.2) is 0 Å². The molecule has 34 heavy (non-hydrogen) atoms. The van der Waals surface area contributed by atoms with Crippen molar-refractivity contribution in [2.75, 3.05) is 18.6 Å². The zero-order valence-corrected chi connectivity index (χ0v) is 20.6. The summed E-state index contributed by atoms with van der Waals surface area (Å²) in [5.74, 6) is -0.980. The molecule has 1 aliphatic rings. The monoisotopic (exact) mass is 484 g/mol. The summed E-state index contributed by atoms with van der Waals surface area (Å²) in [7, 11) is 0. The predicted octanol–water partition coefficient (Wildman–Crippen LogP) is 4.26. The van der Waals surface area contributed by atoms with E-state index in [-0.39, 0.29) is 18.4 Å². The molecule has 0 spiro atoms. The van der Waals surface area contributed by atoms with Crippen LogP contribution in [0.5, 0.6) is 0 Å². The number of carbonyl (C=O) groups excluding carboxylic acids is 2. The summed E-state index contributed by atoms with van der Waals surface area (Å²) >= 11 is 1.51. The van der Waals surface area contributed by atoms with Gasteiger partial charge in [-0.2, -0.15) is 11.8 Å². The van der Waals surface area contributed by atoms with Crippen LogP contribution in [0.2, 0.25) is 0 Å². The second-order valence-electron chi connectivity index (χ2n) is 8.83. The number of aliphatic carboxylic acids is 1. The third-order valence-corrected chi connectivity index (χ3v) is 6.53. The molecule has 0 heterocycles. The molecule has 2 atom stereocenters. The molecule has 7 nitrogen and oxygen atoms in total. The zero-order valence-electron chi connectivity index (χ0n) is 19.7. The maximum absolute atomic E-state index is 12.8. The Morgan fingerprint density at radius 2 is 1.56 bits per heavy atom. The summed E-state index contributed by atoms with van der Waals surface area (Å²) < 4.78 is 5.57. The summed E-state index contributed by atoms with van der Waals surface area (Å²) in [5, 5.41) is 14.6. The van der Waals surface area contributed by atoms with Crippen LogP contribution in [0, 0.1) is 5.92 Å². The van der Waals surface area contributed by atoms with Crippen molar-refractivity contribution in [2.45, 2.75) is 44.7 Å². The van der Waals surface area contributed by atoms with E-state index in [0.29, 0.717) is 18.6 Å². The van der Waals surface area contributed by atoms with Crippen molar-refractivity contribution in [3.63, 3.8) is 0 Å². The first-order valence-electron chi connectivity index (χ1n) is 11.5. The van der Waals surface area contributed by atoms with Gasteiger partial charge in [-0.25, -0.2) is 9.59 Å². The number of fused-ring (bicyclic) bond motifs is 3. The fourth-order valence-electron chi connectivity index (χ4n) is 4.25. The summed E-state index contributed by atoms with van der Waals surface area (Å²) in [5.41, 5.74) is 4.47. The number of alkyl carbamates (subject to hydrolysis) is 1. The highest BCUT2D eigenvalue weighted by atomic mass is 32.2. The number of carboxylic acid groups (broad SMARTS) is 1. The molecule has 0 bridgehead atoms. The van der Waals surface area contributed by atoms with Crippen LogP contribution in [0.25, 0.3) is 11.1 Å². The van der Waals surface area contributed by atoms with Crippen molar-refractivity contribution in [1.29, 1.82) is 0 Å². The third kappa shape index (κ3) is 6.32. The van der Waals surface area contributed by atoms with E-state index in [1.165, 1.54) is 11.8 Å². The lowest BCUT2D eigenvalue weighted by atomic mass is 9.98. The van der Waals surface area contributed by atoms with E-state index < -0.39 is 30.1 Å². The van der Waals surface area contributed by atoms with Crippen molar-refractivity contribution < 1.29 is 24.2 Å². The van der Waals surface area contributed by atoms with E-state index in [1.54, 1.807) is 0 Å². The number of hydrogen-bond donors (Lipinski definition) is 3. The topological polar surface area (TPSA) is 105 Å². The van der Waals surface area contributed by atoms with E-state index in [0.717, 1.165) is 22.3 Å². The number of hydrogen-bond acceptors (Lipinski definition) is 5. The normalized spacial score (nSPS) is 14.1. The number of carbonyl (C=O) groups is 3. The summed E-state index contributed by atoms with van der Waals surface area (Å²) in [4.78, 5) is 37.0. The van der Waals surface area contributed by atoms with E-state index in [9.17, 15) is 19.5 Å². The zero-order chi connectivity index (χ0) is 24.7. The fourth-order valence-corrected chi connectivity index (χ4v) is 4.72. The fraction of sp³-hybridized carbons (Fsp3) is 0.423. The number of ether oxygens (including phenoxy) is 1. The lowest BCUT2D eigenvalue weighted by Gasteiger charge is -2.23. The molecule has 0 fully saturated rings. The minimum atomic E-state index is -1.09. The van der Waals surface area contributed by atoms with Crippen LogP contribution >= 0.6 is 11.8 Å². The van der Waals surface area contributed by atoms with Gasteiger partial charge in [0.1, 0.15) is 18.7 Å². The third-order valence-electron chi connectivity index (χ3n) is 5.88. The van der Waals surface area contributed by atoms with E-state index in [2.05, 4.69) is 22.8 Å². The molecule has 0 saturated heterocycles. The number of carboxylic acids is 1. The highest BCUT2D eigenvalue weighted by Crippen LogP contribution is 2.44. The Balaban J connectivity index is 1.65. The van der Waals surface area contributed by atoms with Crippen LogP contribution in [0.15, 0.2) is 48.5 Å². The maximum atomic E-state index is 12.8. The first-order chi connectivity index (χ1) is 16.3. The molecule has 0 aromatic heterocycles. The minimum Gasteiger partial charge on any atom is -0.480 e. The van der Waals surface area contributed by atoms with Crippen molar-refractivity contribution in [1.82, 2.24) is 10.6 Å². The highest BCUT2D eigenvalue weighted by Gasteiger charge is 2.31. The molecule has 0 aliphatic heterocycles. The molecule has 3 rings (SSSR count). The van der Waals surface area contributed by atoms with Crippen LogP contribution in [0.1, 0.15) is 43.7 Å². The molecule has 1 aliphatic carbocycles. The Labute approximate surface area is 204 Å². The molecule has 0 radical (unpaired) electrons. The summed E-state index contributed by atoms with van der Waals surface area (Å²) in [6, 6.07) is 14.2. The first-order valence-corrected chi connectivity index (χ1v) is 12.8. The van der Waals surface area contributed by atoms with Crippen LogP contribution in [-0.4, -0.2) is 53.8 Å². The van der Waals surface area contributed by atoms with Crippen LogP contribution in [0.3, 0.4) is 0 Å². The Bertz CT molecular complexity index is 980. The Hall–Kier alpha value is -3.00. The molecule has 2 amide bonds. The van der Waals surface area contributed by atoms with Gasteiger partial charge >= 0.3 is 12.1 Å². The summed E-state index contributed by atoms with van der Waals surface area (Å²) in [6.45, 7) is 4.01. The van der Waals surface area contributed by atoms with Crippen molar-refractivity contribution >= 4 is 29.7 Å². The lowest BCUT2D eigenvalue weighted by Crippen LogP contribution is -2.52. The molecule has 182 valence electrons. The van der Waals surface area contributed by atoms with Gasteiger partial charge in [0.25, 0.3) is 0 Å². The largest absolute Gasteiger partial charge is 0.480 e. The second-order valence-corrected chi connectivity index (χ2v) is 9.82. The molecule has 8 heteroatoms. The van der Waals surface area contributed by atoms with Crippen LogP contribution < -0.4 is 10.6 Å². The molecule has 2 aromatic rings. The molecule has 3 N–H and O–H groups in total. The van der Waals surface area contributed by atoms with Gasteiger partial charge in [0.2, 0.25) is 5.91 Å². The van der Waals surface area contributed by atoms with Crippen LogP contribution in [0.4, 0.5) is 4.79 Å². The second kappa shape index (κ2) is 11.9. The van der Waals surface area contributed by atoms with Gasteiger partial charge in [-0.3, -0.25) is 4.79 Å². The smallest absolute Gasteiger partial charge is 0.407 e. The quantitative estimate of drug-likeness (QED) is 0.440. The van der Waals surface area contributed by atoms with Gasteiger partial charge in [-0.05, 0) is 53.0 Å². The van der Waals surface area contributed by atoms with Gasteiger partial charge < -0.3 is 20.5 Å². The maximum Gasteiger partial charge on any atom is 0.407 e. The number of nitrogens with one attached hydrogen (secondary N) is 2. The van der Waals surface area contributed by atoms with Crippen molar-refractivity contribution in [3.8, 4) is 11.1 Å². The molecule has 0 unspecified atom stereocenters. The predicted molar refractivity (Wildman–Crippen MR) is 134 cm³/mol. The Morgan fingerprint density at radius 1 is 0.971 bits per heavy atom. The molecular formula is C26H32N2O5S. The number of rotatable bonds is 11. The van der Waals surface area contributed by atoms with E-state index in [1.807, 2.05) is 56.5 Å². The number of thioether (sulfide) groups is 1. The van der Waals surface area contributed by atoms with Gasteiger partial charge in [-0.15, -0.1) is 0 Å². The lowest BCUT2D eigenvalue weighted by molar-refractivity contribution is -0.142. The number of amides is 2. The molecular weight excluding hydrogens is 452 g/mol. The van der Waals surface area contributed by atoms with E-state index in [4.69, 9.17) is 4.74 Å². The van der Waals surface area contributed by atoms with Crippen molar-refractivity contribution in [2.24, 2.45) is 5.92 Å². The Morgan fingerprint density at radius 3 is 2.09 bits per heavy atom. The number of benzene rings is 2. The van der Waals surface area contributed by atoms with Crippen molar-refractivity contribution in [3.05, 3.63) is 59.7 Å². The van der Waals surface area contributed by atoms with Gasteiger partial charge in [-0.1, -0.05) is 62.4 Å². The van der Waals surface area contributed by atoms with Crippen LogP contribution in [-0.2, 0) is 14.3 Å². The molecule has 0 saturated carbocycles. The minimum absolute atomic E-state index is 0.0848. The standard InChI is InChI=1S/C26H32N2O5S/c1-16(2)14-23(24(29)27-22(25(30)31)12-13-34-3)28-26(32)33-15-21-19-10-6-4-8-17(19)18-9-5-7-11-20(18)21/h4-11,16,21-23H,12-15H2,1-3H3,(H,27,29)(H,28,32)(H,30,31)/t22-,23-/m1/s1. The SMILES string of the molecule is CSCC[C@@H](NC(=O)[C@@H](CC(C)C)NC(=O)OCC1c2ccccc2-c2ccccc21)C(=O)O.